The Labute approximate surface area is 163 Å². The van der Waals surface area contributed by atoms with Crippen molar-refractivity contribution in [3.05, 3.63) is 70.8 Å². The normalized spacial score (nSPS) is 19.2. The van der Waals surface area contributed by atoms with E-state index in [9.17, 15) is 14.9 Å². The number of hydrogen-bond donors (Lipinski definition) is 2. The zero-order valence-electron chi connectivity index (χ0n) is 14.7. The van der Waals surface area contributed by atoms with E-state index in [1.807, 2.05) is 48.5 Å². The summed E-state index contributed by atoms with van der Waals surface area (Å²) in [5.74, 6) is -3.06. The van der Waals surface area contributed by atoms with Gasteiger partial charge in [-0.3, -0.25) is 9.59 Å². The summed E-state index contributed by atoms with van der Waals surface area (Å²) in [4.78, 5) is 25.0. The van der Waals surface area contributed by atoms with Crippen LogP contribution in [0.1, 0.15) is 18.4 Å². The van der Waals surface area contributed by atoms with Gasteiger partial charge in [0.15, 0.2) is 0 Å². The van der Waals surface area contributed by atoms with Crippen molar-refractivity contribution < 1.29 is 14.3 Å². The standard InChI is InChI=1S/C21H18N2O3S/c1-2-26-21(25)18-17(16(12-22)20(27)23-19(18)24)15-10-6-9-14(11-15)13-7-4-3-5-8-13/h3-11,17-18,27H,2H2,1H3,(H,23,24). The lowest BCUT2D eigenvalue weighted by atomic mass is 9.78. The Bertz CT molecular complexity index is 947. The predicted octanol–water partition coefficient (Wildman–Crippen LogP) is 3.41. The molecule has 27 heavy (non-hydrogen) atoms. The Morgan fingerprint density at radius 1 is 1.19 bits per heavy atom. The zero-order valence-corrected chi connectivity index (χ0v) is 15.6. The van der Waals surface area contributed by atoms with E-state index in [1.54, 1.807) is 13.0 Å². The van der Waals surface area contributed by atoms with E-state index < -0.39 is 23.7 Å². The maximum absolute atomic E-state index is 12.5. The summed E-state index contributed by atoms with van der Waals surface area (Å²) in [7, 11) is 0. The third kappa shape index (κ3) is 3.74. The van der Waals surface area contributed by atoms with Crippen LogP contribution in [0.5, 0.6) is 0 Å². The molecule has 0 aromatic heterocycles. The summed E-state index contributed by atoms with van der Waals surface area (Å²) in [6, 6.07) is 19.3. The number of benzene rings is 2. The van der Waals surface area contributed by atoms with Gasteiger partial charge in [-0.05, 0) is 23.6 Å². The second-order valence-corrected chi connectivity index (χ2v) is 6.51. The number of rotatable bonds is 4. The topological polar surface area (TPSA) is 79.2 Å². The monoisotopic (exact) mass is 378 g/mol. The molecule has 1 aliphatic rings. The van der Waals surface area contributed by atoms with Gasteiger partial charge in [-0.1, -0.05) is 54.6 Å². The Morgan fingerprint density at radius 2 is 1.89 bits per heavy atom. The van der Waals surface area contributed by atoms with Crippen LogP contribution in [-0.4, -0.2) is 18.5 Å². The highest BCUT2D eigenvalue weighted by atomic mass is 32.1. The summed E-state index contributed by atoms with van der Waals surface area (Å²) in [6.45, 7) is 1.83. The van der Waals surface area contributed by atoms with E-state index in [2.05, 4.69) is 24.0 Å². The van der Waals surface area contributed by atoms with E-state index in [0.717, 1.165) is 11.1 Å². The van der Waals surface area contributed by atoms with Crippen LogP contribution < -0.4 is 5.32 Å². The Balaban J connectivity index is 2.12. The number of carbonyl (C=O) groups is 2. The zero-order chi connectivity index (χ0) is 19.4. The molecule has 6 heteroatoms. The Kier molecular flexibility index (Phi) is 5.63. The highest BCUT2D eigenvalue weighted by Crippen LogP contribution is 2.39. The minimum Gasteiger partial charge on any atom is -0.465 e. The molecule has 0 spiro atoms. The average molecular weight is 378 g/mol. The van der Waals surface area contributed by atoms with Crippen LogP contribution in [0.2, 0.25) is 0 Å². The SMILES string of the molecule is CCOC(=O)C1C(=O)NC(S)=C(C#N)C1c1cccc(-c2ccccc2)c1. The van der Waals surface area contributed by atoms with Crippen molar-refractivity contribution >= 4 is 24.5 Å². The molecule has 2 aromatic rings. The predicted molar refractivity (Wildman–Crippen MR) is 105 cm³/mol. The molecule has 3 rings (SSSR count). The van der Waals surface area contributed by atoms with Crippen LogP contribution in [-0.2, 0) is 14.3 Å². The number of allylic oxidation sites excluding steroid dienone is 1. The summed E-state index contributed by atoms with van der Waals surface area (Å²) < 4.78 is 5.09. The van der Waals surface area contributed by atoms with Crippen LogP contribution in [0.3, 0.4) is 0 Å². The first-order chi connectivity index (χ1) is 13.1. The number of amides is 1. The summed E-state index contributed by atoms with van der Waals surface area (Å²) in [5.41, 5.74) is 2.86. The molecule has 2 atom stereocenters. The molecule has 0 fully saturated rings. The van der Waals surface area contributed by atoms with Crippen LogP contribution in [0.25, 0.3) is 11.1 Å². The maximum Gasteiger partial charge on any atom is 0.319 e. The number of thiol groups is 1. The van der Waals surface area contributed by atoms with Gasteiger partial charge in [0, 0.05) is 5.92 Å². The van der Waals surface area contributed by atoms with Crippen LogP contribution >= 0.6 is 12.6 Å². The lowest BCUT2D eigenvalue weighted by molar-refractivity contribution is -0.152. The molecule has 0 aliphatic carbocycles. The molecule has 0 saturated heterocycles. The van der Waals surface area contributed by atoms with Crippen molar-refractivity contribution in [2.75, 3.05) is 6.61 Å². The van der Waals surface area contributed by atoms with Gasteiger partial charge in [-0.15, -0.1) is 12.6 Å². The third-order valence-corrected chi connectivity index (χ3v) is 4.79. The number of nitrogens with zero attached hydrogens (tertiary/aromatic N) is 1. The van der Waals surface area contributed by atoms with Gasteiger partial charge in [0.2, 0.25) is 5.91 Å². The first-order valence-electron chi connectivity index (χ1n) is 8.53. The van der Waals surface area contributed by atoms with Crippen molar-refractivity contribution in [1.29, 1.82) is 5.26 Å². The van der Waals surface area contributed by atoms with Crippen LogP contribution in [0.15, 0.2) is 65.2 Å². The minimum absolute atomic E-state index is 0.152. The minimum atomic E-state index is -1.14. The van der Waals surface area contributed by atoms with Gasteiger partial charge < -0.3 is 10.1 Å². The van der Waals surface area contributed by atoms with Gasteiger partial charge >= 0.3 is 5.97 Å². The van der Waals surface area contributed by atoms with Gasteiger partial charge in [0.1, 0.15) is 5.92 Å². The van der Waals surface area contributed by atoms with Crippen molar-refractivity contribution in [1.82, 2.24) is 5.32 Å². The molecule has 0 saturated carbocycles. The molecule has 136 valence electrons. The average Bonchev–Trinajstić information content (AvgIpc) is 2.68. The smallest absolute Gasteiger partial charge is 0.319 e. The largest absolute Gasteiger partial charge is 0.465 e. The van der Waals surface area contributed by atoms with Crippen LogP contribution in [0.4, 0.5) is 0 Å². The molecule has 0 bridgehead atoms. The maximum atomic E-state index is 12.5. The summed E-state index contributed by atoms with van der Waals surface area (Å²) in [5, 5.41) is 12.3. The van der Waals surface area contributed by atoms with Crippen molar-refractivity contribution in [3.8, 4) is 17.2 Å². The Morgan fingerprint density at radius 3 is 2.56 bits per heavy atom. The molecule has 1 heterocycles. The van der Waals surface area contributed by atoms with E-state index in [0.29, 0.717) is 5.56 Å². The number of nitrogens with one attached hydrogen (secondary N) is 1. The third-order valence-electron chi connectivity index (χ3n) is 4.44. The van der Waals surface area contributed by atoms with Crippen molar-refractivity contribution in [2.45, 2.75) is 12.8 Å². The van der Waals surface area contributed by atoms with E-state index in [4.69, 9.17) is 4.74 Å². The second kappa shape index (κ2) is 8.11. The van der Waals surface area contributed by atoms with E-state index in [-0.39, 0.29) is 17.2 Å². The highest BCUT2D eigenvalue weighted by Gasteiger charge is 2.43. The second-order valence-electron chi connectivity index (χ2n) is 6.06. The van der Waals surface area contributed by atoms with Crippen LogP contribution in [0, 0.1) is 17.2 Å². The van der Waals surface area contributed by atoms with Gasteiger partial charge in [-0.2, -0.15) is 5.26 Å². The molecular weight excluding hydrogens is 360 g/mol. The fraction of sp³-hybridized carbons (Fsp3) is 0.190. The fourth-order valence-corrected chi connectivity index (χ4v) is 3.53. The number of carbonyl (C=O) groups excluding carboxylic acids is 2. The Hall–Kier alpha value is -3.04. The van der Waals surface area contributed by atoms with Gasteiger partial charge in [0.25, 0.3) is 0 Å². The van der Waals surface area contributed by atoms with Gasteiger partial charge in [0.05, 0.1) is 23.3 Å². The molecule has 1 aliphatic heterocycles. The highest BCUT2D eigenvalue weighted by molar-refractivity contribution is 7.84. The molecule has 5 nitrogen and oxygen atoms in total. The van der Waals surface area contributed by atoms with Crippen molar-refractivity contribution in [3.63, 3.8) is 0 Å². The molecule has 1 amide bonds. The first-order valence-corrected chi connectivity index (χ1v) is 8.97. The number of ether oxygens (including phenoxy) is 1. The van der Waals surface area contributed by atoms with Crippen molar-refractivity contribution in [2.24, 2.45) is 5.92 Å². The molecule has 2 aromatic carbocycles. The van der Waals surface area contributed by atoms with E-state index in [1.165, 1.54) is 0 Å². The lowest BCUT2D eigenvalue weighted by Crippen LogP contribution is -2.43. The fourth-order valence-electron chi connectivity index (χ4n) is 3.23. The quantitative estimate of drug-likeness (QED) is 0.485. The molecule has 0 radical (unpaired) electrons. The van der Waals surface area contributed by atoms with Gasteiger partial charge in [-0.25, -0.2) is 0 Å². The number of nitriles is 1. The van der Waals surface area contributed by atoms with E-state index >= 15 is 0 Å². The summed E-state index contributed by atoms with van der Waals surface area (Å²) >= 11 is 4.24. The molecular formula is C21H18N2O3S. The molecule has 2 unspecified atom stereocenters. The number of esters is 1. The lowest BCUT2D eigenvalue weighted by Gasteiger charge is -2.30. The number of hydrogen-bond acceptors (Lipinski definition) is 5. The summed E-state index contributed by atoms with van der Waals surface area (Å²) in [6.07, 6.45) is 0. The first kappa shape index (κ1) is 18.7. The molecule has 1 N–H and O–H groups in total.